The fourth-order valence-electron chi connectivity index (χ4n) is 16.1. The van der Waals surface area contributed by atoms with E-state index in [1.165, 1.54) is 114 Å². The van der Waals surface area contributed by atoms with Crippen LogP contribution in [0.1, 0.15) is 0 Å². The normalized spacial score (nSPS) is 48.7. The highest BCUT2D eigenvalue weighted by Gasteiger charge is 2.62. The molecule has 0 radical (unpaired) electrons. The van der Waals surface area contributed by atoms with Crippen LogP contribution in [0.4, 0.5) is 0 Å². The molecule has 30 aliphatic heterocycles. The monoisotopic (exact) mass is 1510 g/mol. The van der Waals surface area contributed by atoms with Crippen LogP contribution in [-0.4, -0.2) is 412 Å². The Kier molecular flexibility index (Phi) is 33.8. The molecule has 104 heavy (non-hydrogen) atoms. The largest absolute Gasteiger partial charge is 0.376 e. The molecule has 30 rings (SSSR count). The quantitative estimate of drug-likeness (QED) is 0.0445. The molecule has 40 heteroatoms. The number of methoxy groups -OCH3 is 16. The van der Waals surface area contributed by atoms with Crippen molar-refractivity contribution in [1.82, 2.24) is 0 Å². The summed E-state index contributed by atoms with van der Waals surface area (Å²) in [5.41, 5.74) is 52.7. The molecule has 16 bridgehead atoms. The number of hydrogen-bond acceptors (Lipinski definition) is 40. The van der Waals surface area contributed by atoms with E-state index < -0.39 is 246 Å². The SMILES string of the molecule is CO[C@@H]1[C@@H](OC)[C@H]2O[C@H]3[C@H](OC)[C@@H](OC)[C@@H](O[C@H]4[C@H](OC)[C@@H](OC)[C@@H](O[C@H]5[C@H](OC)[C@@H](OC)[C@@H](O[C@H]6[C@H](OC)[C@@H](OC)[C@@H](O[C@H]7[C@H](OC)[C@@H](OC)[C@@H](O[C@H]8[C@H](OC)[C@@H](OC)[C@@H](O[C@H]9[C@H](OC)[C@@H](OC)[C@@H](O[C@@H]1[C@@H](CN)O2)O[C@@H]9CN)O[C@@H]8CN)O[C@@H]7CN)O[C@@H]6CN)O[C@@H]5CN)O[C@@H]4CN)O[C@@H]3CN. The summed E-state index contributed by atoms with van der Waals surface area (Å²) < 4.78 is 209. The second-order valence-electron chi connectivity index (χ2n) is 26.2. The standard InChI is InChI=1S/C64H120N8O32/c1-73-41-33-25(17-65)89-57(49(41)81-9)98-34-26(18-66)91-59(51(83-11)42(34)74-2)100-36-28(20-68)93-61(53(85-13)44(36)76-4)102-38-30(22-70)95-63(55(87-15)46(38)78-6)104-40-32(24-72)96-64(56(88-16)48(40)80-8)103-39-31(23-71)94-62(54(86-14)47(39)79-7)101-37-29(21-69)92-60(52(84-12)45(37)77-5)99-35-27(19-67)90-58(97-33)50(82-10)43(35)75-3/h25-64H,17-24,65-72H2,1-16H3/t25-,26-,27-,28-,29-,30-,31-,32-,33-,34-,35-,36-,37-,38-,39-,40-,41+,42+,43+,44+,45+,46+,47+,48+,49-,50-,51-,52-,53-,54-,55-,56-,57-,58-,59-,60-,61-,62-,63-,64-/m1/s1. The minimum atomic E-state index is -1.25. The lowest BCUT2D eigenvalue weighted by atomic mass is 9.94. The van der Waals surface area contributed by atoms with Crippen LogP contribution in [0.2, 0.25) is 0 Å². The fourth-order valence-corrected chi connectivity index (χ4v) is 16.1. The first-order valence-corrected chi connectivity index (χ1v) is 35.0. The molecule has 0 aromatic rings. The van der Waals surface area contributed by atoms with E-state index in [2.05, 4.69) is 0 Å². The maximum Gasteiger partial charge on any atom is 0.187 e. The summed E-state index contributed by atoms with van der Waals surface area (Å²) in [6.45, 7) is -1.06. The van der Waals surface area contributed by atoms with Gasteiger partial charge in [0, 0.05) is 166 Å². The highest BCUT2D eigenvalue weighted by atomic mass is 16.8. The molecule has 608 valence electrons. The maximum atomic E-state index is 6.91. The fraction of sp³-hybridized carbons (Fsp3) is 1.00. The minimum absolute atomic E-state index is 0.133. The van der Waals surface area contributed by atoms with Gasteiger partial charge >= 0.3 is 0 Å². The van der Waals surface area contributed by atoms with Gasteiger partial charge in [-0.25, -0.2) is 0 Å². The zero-order valence-corrected chi connectivity index (χ0v) is 62.4. The van der Waals surface area contributed by atoms with E-state index in [1.54, 1.807) is 0 Å². The maximum absolute atomic E-state index is 6.91. The Morgan fingerprint density at radius 1 is 0.144 bits per heavy atom. The van der Waals surface area contributed by atoms with Crippen LogP contribution in [0.3, 0.4) is 0 Å². The van der Waals surface area contributed by atoms with Gasteiger partial charge in [-0.3, -0.25) is 0 Å². The molecular weight excluding hydrogens is 1390 g/mol. The van der Waals surface area contributed by atoms with Gasteiger partial charge in [0.25, 0.3) is 0 Å². The van der Waals surface area contributed by atoms with Crippen LogP contribution in [0.15, 0.2) is 0 Å². The molecule has 16 N–H and O–H groups in total. The Balaban J connectivity index is 1.08. The average Bonchev–Trinajstić information content (AvgIpc) is 0.766. The van der Waals surface area contributed by atoms with Crippen molar-refractivity contribution in [3.05, 3.63) is 0 Å². The van der Waals surface area contributed by atoms with Crippen LogP contribution < -0.4 is 45.9 Å². The summed E-state index contributed by atoms with van der Waals surface area (Å²) in [6, 6.07) is 0. The van der Waals surface area contributed by atoms with Gasteiger partial charge < -0.3 is 197 Å². The molecule has 30 fully saturated rings. The molecule has 0 spiro atoms. The van der Waals surface area contributed by atoms with Gasteiger partial charge in [-0.15, -0.1) is 0 Å². The van der Waals surface area contributed by atoms with Crippen molar-refractivity contribution < 1.29 is 152 Å². The van der Waals surface area contributed by atoms with Crippen LogP contribution in [0.25, 0.3) is 0 Å². The molecular formula is C64H120N8O32. The topological polar surface area (TPSA) is 504 Å². The smallest absolute Gasteiger partial charge is 0.187 e. The van der Waals surface area contributed by atoms with E-state index in [0.29, 0.717) is 0 Å². The second-order valence-corrected chi connectivity index (χ2v) is 26.2. The van der Waals surface area contributed by atoms with E-state index in [-0.39, 0.29) is 52.4 Å². The van der Waals surface area contributed by atoms with Crippen molar-refractivity contribution in [2.24, 2.45) is 45.9 Å². The Morgan fingerprint density at radius 3 is 0.298 bits per heavy atom. The molecule has 0 amide bonds. The van der Waals surface area contributed by atoms with Gasteiger partial charge in [-0.2, -0.15) is 0 Å². The van der Waals surface area contributed by atoms with E-state index in [0.717, 1.165) is 0 Å². The summed E-state index contributed by atoms with van der Waals surface area (Å²) in [6.07, 6.45) is -42.3. The highest BCUT2D eigenvalue weighted by molar-refractivity contribution is 5.05. The lowest BCUT2D eigenvalue weighted by Crippen LogP contribution is -2.70. The first-order valence-electron chi connectivity index (χ1n) is 35.0. The first-order chi connectivity index (χ1) is 50.5. The summed E-state index contributed by atoms with van der Waals surface area (Å²) in [5, 5.41) is 0. The molecule has 30 saturated heterocycles. The van der Waals surface area contributed by atoms with Crippen LogP contribution in [-0.2, 0) is 152 Å². The predicted octanol–water partition coefficient (Wildman–Crippen LogP) is -7.21. The molecule has 40 atom stereocenters. The van der Waals surface area contributed by atoms with Crippen molar-refractivity contribution in [1.29, 1.82) is 0 Å². The molecule has 0 aromatic carbocycles. The lowest BCUT2D eigenvalue weighted by molar-refractivity contribution is -0.404. The Hall–Kier alpha value is -1.60. The zero-order valence-electron chi connectivity index (χ0n) is 62.4. The third-order valence-corrected chi connectivity index (χ3v) is 21.3. The number of hydrogen-bond donors (Lipinski definition) is 8. The van der Waals surface area contributed by atoms with Gasteiger partial charge in [0.05, 0.1) is 0 Å². The van der Waals surface area contributed by atoms with Crippen molar-refractivity contribution in [3.8, 4) is 0 Å². The van der Waals surface area contributed by atoms with Crippen LogP contribution >= 0.6 is 0 Å². The molecule has 0 unspecified atom stereocenters. The van der Waals surface area contributed by atoms with Crippen molar-refractivity contribution in [2.75, 3.05) is 166 Å². The van der Waals surface area contributed by atoms with Gasteiger partial charge in [-0.05, 0) is 0 Å². The predicted molar refractivity (Wildman–Crippen MR) is 353 cm³/mol. The molecule has 30 heterocycles. The zero-order chi connectivity index (χ0) is 75.4. The third kappa shape index (κ3) is 17.5. The molecule has 40 nitrogen and oxygen atoms in total. The minimum Gasteiger partial charge on any atom is -0.376 e. The van der Waals surface area contributed by atoms with Crippen molar-refractivity contribution in [2.45, 2.75) is 246 Å². The first kappa shape index (κ1) is 86.4. The van der Waals surface area contributed by atoms with Crippen LogP contribution in [0, 0.1) is 0 Å². The number of ether oxygens (including phenoxy) is 32. The van der Waals surface area contributed by atoms with Crippen LogP contribution in [0.5, 0.6) is 0 Å². The summed E-state index contributed by atoms with van der Waals surface area (Å²) >= 11 is 0. The summed E-state index contributed by atoms with van der Waals surface area (Å²) in [7, 11) is 23.5. The Labute approximate surface area is 607 Å². The van der Waals surface area contributed by atoms with Gasteiger partial charge in [0.1, 0.15) is 195 Å². The number of nitrogens with two attached hydrogens (primary N) is 8. The molecule has 0 aromatic heterocycles. The van der Waals surface area contributed by atoms with Gasteiger partial charge in [0.15, 0.2) is 50.3 Å². The lowest BCUT2D eigenvalue weighted by Gasteiger charge is -2.53. The Morgan fingerprint density at radius 2 is 0.231 bits per heavy atom. The summed E-state index contributed by atoms with van der Waals surface area (Å²) in [4.78, 5) is 0. The Bertz CT molecular complexity index is 1990. The van der Waals surface area contributed by atoms with E-state index in [4.69, 9.17) is 197 Å². The van der Waals surface area contributed by atoms with E-state index >= 15 is 0 Å². The third-order valence-electron chi connectivity index (χ3n) is 21.3. The highest BCUT2D eigenvalue weighted by Crippen LogP contribution is 2.43. The number of rotatable bonds is 24. The molecule has 0 saturated carbocycles. The molecule has 30 aliphatic rings. The average molecular weight is 1510 g/mol. The van der Waals surface area contributed by atoms with Gasteiger partial charge in [-0.1, -0.05) is 0 Å². The van der Waals surface area contributed by atoms with Crippen molar-refractivity contribution in [3.63, 3.8) is 0 Å². The van der Waals surface area contributed by atoms with E-state index in [1.807, 2.05) is 0 Å². The molecule has 0 aliphatic carbocycles. The van der Waals surface area contributed by atoms with Crippen molar-refractivity contribution >= 4 is 0 Å². The van der Waals surface area contributed by atoms with Gasteiger partial charge in [0.2, 0.25) is 0 Å². The summed E-state index contributed by atoms with van der Waals surface area (Å²) in [5.74, 6) is 0. The second kappa shape index (κ2) is 40.7. The van der Waals surface area contributed by atoms with E-state index in [9.17, 15) is 0 Å².